The highest BCUT2D eigenvalue weighted by Crippen LogP contribution is 2.52. The van der Waals surface area contributed by atoms with Crippen molar-refractivity contribution in [1.82, 2.24) is 14.8 Å². The molecule has 1 fully saturated rings. The van der Waals surface area contributed by atoms with Gasteiger partial charge in [0.15, 0.2) is 11.4 Å². The number of fused-ring (bicyclic) bond motifs is 1. The van der Waals surface area contributed by atoms with E-state index in [1.807, 2.05) is 0 Å². The quantitative estimate of drug-likeness (QED) is 0.724. The van der Waals surface area contributed by atoms with Gasteiger partial charge in [0.1, 0.15) is 11.4 Å². The number of methoxy groups -OCH3 is 1. The average Bonchev–Trinajstić information content (AvgIpc) is 3.42. The maximum atomic E-state index is 14.1. The van der Waals surface area contributed by atoms with Gasteiger partial charge in [-0.25, -0.2) is 4.39 Å². The van der Waals surface area contributed by atoms with Crippen molar-refractivity contribution in [3.05, 3.63) is 62.3 Å². The average molecular weight is 450 g/mol. The standard InChI is InChI=1S/C21H21ClFN3O5/c1-25-20(30)16-18(28)17(27)13(8-26(16)10-21(25)6-12(21)9-31-2)19(29)24-7-11-4-3-5-14(22)15(11)23/h3-5,8,12,28H,6-7,9-10H2,1-2H3,(H,24,29)/t12-,21-/m0/s1. The molecule has 2 heterocycles. The van der Waals surface area contributed by atoms with Crippen LogP contribution < -0.4 is 10.7 Å². The number of nitrogens with zero attached hydrogens (tertiary/aromatic N) is 2. The Bertz CT molecular complexity index is 1150. The van der Waals surface area contributed by atoms with Gasteiger partial charge in [-0.05, 0) is 12.5 Å². The molecule has 2 atom stereocenters. The molecule has 0 saturated heterocycles. The Balaban J connectivity index is 1.64. The largest absolute Gasteiger partial charge is 0.503 e. The number of carbonyl (C=O) groups excluding carboxylic acids is 2. The van der Waals surface area contributed by atoms with E-state index < -0.39 is 34.3 Å². The Hall–Kier alpha value is -2.91. The van der Waals surface area contributed by atoms with Crippen LogP contribution in [0.2, 0.25) is 5.02 Å². The van der Waals surface area contributed by atoms with Crippen LogP contribution in [-0.2, 0) is 17.8 Å². The number of carbonyl (C=O) groups is 2. The first-order valence-corrected chi connectivity index (χ1v) is 10.0. The molecular weight excluding hydrogens is 429 g/mol. The van der Waals surface area contributed by atoms with Gasteiger partial charge in [0.2, 0.25) is 5.43 Å². The van der Waals surface area contributed by atoms with Crippen molar-refractivity contribution in [2.75, 3.05) is 20.8 Å². The molecule has 8 nitrogen and oxygen atoms in total. The molecule has 2 N–H and O–H groups in total. The van der Waals surface area contributed by atoms with Crippen molar-refractivity contribution < 1.29 is 23.8 Å². The number of hydrogen-bond donors (Lipinski definition) is 2. The third-order valence-electron chi connectivity index (χ3n) is 6.16. The number of ether oxygens (including phenoxy) is 1. The van der Waals surface area contributed by atoms with Crippen molar-refractivity contribution in [2.45, 2.75) is 25.0 Å². The predicted molar refractivity (Wildman–Crippen MR) is 110 cm³/mol. The molecule has 1 saturated carbocycles. The number of rotatable bonds is 5. The van der Waals surface area contributed by atoms with E-state index in [1.165, 1.54) is 27.8 Å². The van der Waals surface area contributed by atoms with Gasteiger partial charge in [-0.2, -0.15) is 0 Å². The lowest BCUT2D eigenvalue weighted by Crippen LogP contribution is -2.50. The summed E-state index contributed by atoms with van der Waals surface area (Å²) < 4.78 is 20.7. The summed E-state index contributed by atoms with van der Waals surface area (Å²) in [4.78, 5) is 39.7. The van der Waals surface area contributed by atoms with Crippen LogP contribution in [0.15, 0.2) is 29.2 Å². The van der Waals surface area contributed by atoms with Crippen molar-refractivity contribution in [2.24, 2.45) is 5.92 Å². The summed E-state index contributed by atoms with van der Waals surface area (Å²) in [5, 5.41) is 12.8. The number of benzene rings is 1. The van der Waals surface area contributed by atoms with Gasteiger partial charge in [-0.3, -0.25) is 14.4 Å². The Labute approximate surface area is 182 Å². The Morgan fingerprint density at radius 3 is 2.87 bits per heavy atom. The molecule has 4 rings (SSSR count). The minimum absolute atomic E-state index is 0.0822. The Morgan fingerprint density at radius 2 is 2.16 bits per heavy atom. The number of likely N-dealkylation sites (N-methyl/N-ethyl adjacent to an activating group) is 1. The summed E-state index contributed by atoms with van der Waals surface area (Å²) in [6, 6.07) is 4.38. The molecule has 31 heavy (non-hydrogen) atoms. The van der Waals surface area contributed by atoms with E-state index in [-0.39, 0.29) is 34.3 Å². The fourth-order valence-electron chi connectivity index (χ4n) is 4.27. The molecule has 1 aliphatic heterocycles. The number of aromatic hydroxyl groups is 1. The van der Waals surface area contributed by atoms with Crippen LogP contribution in [0.3, 0.4) is 0 Å². The van der Waals surface area contributed by atoms with Crippen molar-refractivity contribution >= 4 is 23.4 Å². The Kier molecular flexibility index (Phi) is 5.26. The van der Waals surface area contributed by atoms with Crippen LogP contribution >= 0.6 is 11.6 Å². The van der Waals surface area contributed by atoms with Crippen molar-refractivity contribution in [1.29, 1.82) is 0 Å². The molecule has 1 spiro atoms. The minimum atomic E-state index is -0.961. The summed E-state index contributed by atoms with van der Waals surface area (Å²) in [6.45, 7) is 0.585. The molecule has 2 aliphatic rings. The molecular formula is C21H21ClFN3O5. The van der Waals surface area contributed by atoms with Crippen LogP contribution in [0.5, 0.6) is 5.75 Å². The molecule has 1 aromatic carbocycles. The summed E-state index contributed by atoms with van der Waals surface area (Å²) in [5.74, 6) is -2.61. The number of hydrogen-bond acceptors (Lipinski definition) is 5. The van der Waals surface area contributed by atoms with E-state index in [9.17, 15) is 23.9 Å². The van der Waals surface area contributed by atoms with E-state index >= 15 is 0 Å². The molecule has 164 valence electrons. The number of amides is 2. The maximum absolute atomic E-state index is 14.1. The van der Waals surface area contributed by atoms with Crippen LogP contribution in [0.4, 0.5) is 4.39 Å². The number of aromatic nitrogens is 1. The molecule has 10 heteroatoms. The highest BCUT2D eigenvalue weighted by atomic mass is 35.5. The zero-order valence-corrected chi connectivity index (χ0v) is 17.7. The highest BCUT2D eigenvalue weighted by molar-refractivity contribution is 6.30. The number of halogens is 2. The van der Waals surface area contributed by atoms with Gasteiger partial charge >= 0.3 is 0 Å². The second-order valence-corrected chi connectivity index (χ2v) is 8.32. The lowest BCUT2D eigenvalue weighted by molar-refractivity contribution is 0.0553. The lowest BCUT2D eigenvalue weighted by atomic mass is 10.0. The molecule has 0 bridgehead atoms. The second kappa shape index (κ2) is 7.65. The van der Waals surface area contributed by atoms with Gasteiger partial charge < -0.3 is 24.6 Å². The second-order valence-electron chi connectivity index (χ2n) is 7.92. The van der Waals surface area contributed by atoms with E-state index in [2.05, 4.69) is 5.32 Å². The van der Waals surface area contributed by atoms with Crippen molar-refractivity contribution in [3.63, 3.8) is 0 Å². The zero-order chi connectivity index (χ0) is 22.5. The molecule has 2 aromatic rings. The number of pyridine rings is 1. The van der Waals surface area contributed by atoms with E-state index in [1.54, 1.807) is 20.2 Å². The van der Waals surface area contributed by atoms with Crippen LogP contribution in [-0.4, -0.2) is 52.7 Å². The highest BCUT2D eigenvalue weighted by Gasteiger charge is 2.61. The normalized spacial score (nSPS) is 21.9. The molecule has 1 aromatic heterocycles. The first-order chi connectivity index (χ1) is 14.7. The summed E-state index contributed by atoms with van der Waals surface area (Å²) in [6.07, 6.45) is 1.99. The van der Waals surface area contributed by atoms with Gasteiger partial charge in [0.05, 0.1) is 17.2 Å². The fourth-order valence-corrected chi connectivity index (χ4v) is 4.46. The zero-order valence-electron chi connectivity index (χ0n) is 16.9. The van der Waals surface area contributed by atoms with Crippen LogP contribution in [0, 0.1) is 11.7 Å². The first-order valence-electron chi connectivity index (χ1n) is 9.66. The van der Waals surface area contributed by atoms with Gasteiger partial charge in [-0.15, -0.1) is 0 Å². The van der Waals surface area contributed by atoms with E-state index in [4.69, 9.17) is 16.3 Å². The van der Waals surface area contributed by atoms with Gasteiger partial charge in [0.25, 0.3) is 11.8 Å². The number of nitrogens with one attached hydrogen (secondary N) is 1. The minimum Gasteiger partial charge on any atom is -0.503 e. The van der Waals surface area contributed by atoms with E-state index in [0.717, 1.165) is 0 Å². The third-order valence-corrected chi connectivity index (χ3v) is 6.45. The van der Waals surface area contributed by atoms with Gasteiger partial charge in [-0.1, -0.05) is 23.7 Å². The van der Waals surface area contributed by atoms with E-state index in [0.29, 0.717) is 19.6 Å². The maximum Gasteiger partial charge on any atom is 0.274 e. The fraction of sp³-hybridized carbons (Fsp3) is 0.381. The Morgan fingerprint density at radius 1 is 1.42 bits per heavy atom. The van der Waals surface area contributed by atoms with Crippen LogP contribution in [0.1, 0.15) is 32.8 Å². The molecule has 2 amide bonds. The van der Waals surface area contributed by atoms with Crippen molar-refractivity contribution in [3.8, 4) is 5.75 Å². The summed E-state index contributed by atoms with van der Waals surface area (Å²) >= 11 is 5.74. The first kappa shape index (κ1) is 21.3. The third kappa shape index (κ3) is 3.37. The molecule has 0 radical (unpaired) electrons. The summed E-state index contributed by atoms with van der Waals surface area (Å²) in [7, 11) is 3.21. The topological polar surface area (TPSA) is 101 Å². The lowest BCUT2D eigenvalue weighted by Gasteiger charge is -2.37. The SMILES string of the molecule is COC[C@@H]1C[C@]12Cn1cc(C(=O)NCc3cccc(Cl)c3F)c(=O)c(O)c1C(=O)N2C. The van der Waals surface area contributed by atoms with Gasteiger partial charge in [0, 0.05) is 44.9 Å². The predicted octanol–water partition coefficient (Wildman–Crippen LogP) is 1.77. The smallest absolute Gasteiger partial charge is 0.274 e. The van der Waals surface area contributed by atoms with Crippen LogP contribution in [0.25, 0.3) is 0 Å². The summed E-state index contributed by atoms with van der Waals surface area (Å²) in [5.41, 5.74) is -1.78. The monoisotopic (exact) mass is 449 g/mol. The molecule has 1 aliphatic carbocycles. The molecule has 0 unspecified atom stereocenters.